The molecule has 0 radical (unpaired) electrons. The van der Waals surface area contributed by atoms with Crippen LogP contribution in [0, 0.1) is 0 Å². The first-order valence-electron chi connectivity index (χ1n) is 4.72. The number of pyridine rings is 1. The number of aryl methyl sites for hydroxylation is 2. The molecule has 0 saturated heterocycles. The van der Waals surface area contributed by atoms with Crippen LogP contribution in [0.4, 0.5) is 0 Å². The van der Waals surface area contributed by atoms with Crippen molar-refractivity contribution < 1.29 is 0 Å². The van der Waals surface area contributed by atoms with E-state index in [1.54, 1.807) is 10.9 Å². The van der Waals surface area contributed by atoms with Crippen LogP contribution < -0.4 is 0 Å². The van der Waals surface area contributed by atoms with Gasteiger partial charge in [-0.3, -0.25) is 9.67 Å². The van der Waals surface area contributed by atoms with Gasteiger partial charge in [-0.2, -0.15) is 0 Å². The topological polar surface area (TPSA) is 43.6 Å². The molecule has 2 heterocycles. The molecule has 2 rings (SSSR count). The van der Waals surface area contributed by atoms with Crippen LogP contribution in [0.15, 0.2) is 30.7 Å². The van der Waals surface area contributed by atoms with Gasteiger partial charge >= 0.3 is 0 Å². The van der Waals surface area contributed by atoms with E-state index in [1.165, 1.54) is 5.56 Å². The Morgan fingerprint density at radius 2 is 2.33 bits per heavy atom. The van der Waals surface area contributed by atoms with Gasteiger partial charge in [-0.15, -0.1) is 16.7 Å². The average Bonchev–Trinajstić information content (AvgIpc) is 2.76. The lowest BCUT2D eigenvalue weighted by atomic mass is 10.2. The van der Waals surface area contributed by atoms with E-state index >= 15 is 0 Å². The lowest BCUT2D eigenvalue weighted by Gasteiger charge is -1.99. The van der Waals surface area contributed by atoms with E-state index in [1.807, 2.05) is 24.5 Å². The first kappa shape index (κ1) is 10.1. The van der Waals surface area contributed by atoms with Gasteiger partial charge in [0.1, 0.15) is 0 Å². The van der Waals surface area contributed by atoms with Crippen LogP contribution in [-0.2, 0) is 18.8 Å². The zero-order valence-electron chi connectivity index (χ0n) is 8.17. The Bertz CT molecular complexity index is 412. The fourth-order valence-corrected chi connectivity index (χ4v) is 1.42. The summed E-state index contributed by atoms with van der Waals surface area (Å²) in [6, 6.07) is 3.98. The second-order valence-corrected chi connectivity index (χ2v) is 3.49. The van der Waals surface area contributed by atoms with Crippen LogP contribution in [0.3, 0.4) is 0 Å². The van der Waals surface area contributed by atoms with Crippen molar-refractivity contribution in [2.24, 2.45) is 0 Å². The summed E-state index contributed by atoms with van der Waals surface area (Å²) in [4.78, 5) is 4.05. The fraction of sp³-hybridized carbons (Fsp3) is 0.300. The zero-order valence-corrected chi connectivity index (χ0v) is 8.93. The third-order valence-corrected chi connectivity index (χ3v) is 2.35. The summed E-state index contributed by atoms with van der Waals surface area (Å²) in [5.74, 6) is 0.410. The zero-order chi connectivity index (χ0) is 10.5. The van der Waals surface area contributed by atoms with E-state index in [4.69, 9.17) is 11.6 Å². The number of alkyl halides is 1. The molecular weight excluding hydrogens is 212 g/mol. The summed E-state index contributed by atoms with van der Waals surface area (Å²) < 4.78 is 1.80. The molecular formula is C10H11ClN4. The predicted octanol–water partition coefficient (Wildman–Crippen LogP) is 1.65. The van der Waals surface area contributed by atoms with Gasteiger partial charge < -0.3 is 0 Å². The molecule has 2 aromatic rings. The Morgan fingerprint density at radius 3 is 3.00 bits per heavy atom. The summed E-state index contributed by atoms with van der Waals surface area (Å²) in [5.41, 5.74) is 2.00. The van der Waals surface area contributed by atoms with Gasteiger partial charge in [-0.25, -0.2) is 0 Å². The van der Waals surface area contributed by atoms with Crippen molar-refractivity contribution in [3.05, 3.63) is 42.0 Å². The van der Waals surface area contributed by atoms with E-state index in [0.717, 1.165) is 18.7 Å². The van der Waals surface area contributed by atoms with E-state index in [2.05, 4.69) is 15.3 Å². The highest BCUT2D eigenvalue weighted by atomic mass is 35.5. The van der Waals surface area contributed by atoms with Crippen LogP contribution in [0.25, 0.3) is 0 Å². The van der Waals surface area contributed by atoms with E-state index in [0.29, 0.717) is 5.88 Å². The molecule has 0 spiro atoms. The molecule has 4 nitrogen and oxygen atoms in total. The molecule has 2 aromatic heterocycles. The molecule has 5 heteroatoms. The Hall–Kier alpha value is -1.42. The van der Waals surface area contributed by atoms with Crippen LogP contribution in [0.1, 0.15) is 11.3 Å². The minimum Gasteiger partial charge on any atom is -0.264 e. The summed E-state index contributed by atoms with van der Waals surface area (Å²) in [6.45, 7) is 0.801. The van der Waals surface area contributed by atoms with Crippen molar-refractivity contribution in [2.45, 2.75) is 18.8 Å². The SMILES string of the molecule is ClCc1cn(CCc2cccnc2)nn1. The van der Waals surface area contributed by atoms with Gasteiger partial charge in [0.25, 0.3) is 0 Å². The van der Waals surface area contributed by atoms with E-state index < -0.39 is 0 Å². The Labute approximate surface area is 92.9 Å². The summed E-state index contributed by atoms with van der Waals surface area (Å²) in [5, 5.41) is 7.88. The fourth-order valence-electron chi connectivity index (χ4n) is 1.30. The molecule has 0 aliphatic carbocycles. The monoisotopic (exact) mass is 222 g/mol. The van der Waals surface area contributed by atoms with Crippen LogP contribution >= 0.6 is 11.6 Å². The molecule has 15 heavy (non-hydrogen) atoms. The molecule has 0 aliphatic heterocycles. The van der Waals surface area contributed by atoms with Crippen LogP contribution in [-0.4, -0.2) is 20.0 Å². The number of hydrogen-bond donors (Lipinski definition) is 0. The second-order valence-electron chi connectivity index (χ2n) is 3.22. The van der Waals surface area contributed by atoms with Crippen molar-refractivity contribution in [3.63, 3.8) is 0 Å². The minimum atomic E-state index is 0.410. The largest absolute Gasteiger partial charge is 0.264 e. The van der Waals surface area contributed by atoms with Crippen molar-refractivity contribution in [3.8, 4) is 0 Å². The number of aromatic nitrogens is 4. The summed E-state index contributed by atoms with van der Waals surface area (Å²) in [7, 11) is 0. The van der Waals surface area contributed by atoms with Crippen LogP contribution in [0.5, 0.6) is 0 Å². The molecule has 0 amide bonds. The lowest BCUT2D eigenvalue weighted by Crippen LogP contribution is -2.02. The van der Waals surface area contributed by atoms with Crippen molar-refractivity contribution in [1.82, 2.24) is 20.0 Å². The van der Waals surface area contributed by atoms with Crippen molar-refractivity contribution in [1.29, 1.82) is 0 Å². The van der Waals surface area contributed by atoms with Gasteiger partial charge in [0.15, 0.2) is 0 Å². The summed E-state index contributed by atoms with van der Waals surface area (Å²) in [6.07, 6.45) is 6.40. The minimum absolute atomic E-state index is 0.410. The quantitative estimate of drug-likeness (QED) is 0.739. The first-order chi connectivity index (χ1) is 7.38. The maximum atomic E-state index is 5.63. The second kappa shape index (κ2) is 4.89. The Kier molecular flexibility index (Phi) is 3.29. The van der Waals surface area contributed by atoms with Gasteiger partial charge in [0.2, 0.25) is 0 Å². The number of halogens is 1. The standard InChI is InChI=1S/C10H11ClN4/c11-6-10-8-15(14-13-10)5-3-9-2-1-4-12-7-9/h1-2,4,7-8H,3,5-6H2. The lowest BCUT2D eigenvalue weighted by molar-refractivity contribution is 0.588. The van der Waals surface area contributed by atoms with Gasteiger partial charge in [-0.05, 0) is 18.1 Å². The molecule has 0 saturated carbocycles. The Morgan fingerprint density at radius 1 is 1.40 bits per heavy atom. The third kappa shape index (κ3) is 2.76. The highest BCUT2D eigenvalue weighted by Gasteiger charge is 1.99. The number of rotatable bonds is 4. The molecule has 0 atom stereocenters. The predicted molar refractivity (Wildman–Crippen MR) is 57.5 cm³/mol. The highest BCUT2D eigenvalue weighted by molar-refractivity contribution is 6.16. The highest BCUT2D eigenvalue weighted by Crippen LogP contribution is 2.01. The first-order valence-corrected chi connectivity index (χ1v) is 5.26. The molecule has 0 aliphatic rings. The van der Waals surface area contributed by atoms with Gasteiger partial charge in [-0.1, -0.05) is 11.3 Å². The number of hydrogen-bond acceptors (Lipinski definition) is 3. The normalized spacial score (nSPS) is 10.5. The maximum absolute atomic E-state index is 5.63. The maximum Gasteiger partial charge on any atom is 0.0974 e. The summed E-state index contributed by atoms with van der Waals surface area (Å²) >= 11 is 5.63. The van der Waals surface area contributed by atoms with Crippen LogP contribution in [0.2, 0.25) is 0 Å². The molecule has 0 unspecified atom stereocenters. The molecule has 0 bridgehead atoms. The molecule has 0 aromatic carbocycles. The number of nitrogens with zero attached hydrogens (tertiary/aromatic N) is 4. The molecule has 0 fully saturated rings. The van der Waals surface area contributed by atoms with E-state index in [-0.39, 0.29) is 0 Å². The molecule has 0 N–H and O–H groups in total. The molecule has 78 valence electrons. The third-order valence-electron chi connectivity index (χ3n) is 2.08. The van der Waals surface area contributed by atoms with Gasteiger partial charge in [0.05, 0.1) is 11.6 Å². The van der Waals surface area contributed by atoms with Crippen molar-refractivity contribution >= 4 is 11.6 Å². The smallest absolute Gasteiger partial charge is 0.0974 e. The van der Waals surface area contributed by atoms with Crippen molar-refractivity contribution in [2.75, 3.05) is 0 Å². The Balaban J connectivity index is 1.93. The van der Waals surface area contributed by atoms with E-state index in [9.17, 15) is 0 Å². The average molecular weight is 223 g/mol. The van der Waals surface area contributed by atoms with Gasteiger partial charge in [0, 0.05) is 25.1 Å².